The van der Waals surface area contributed by atoms with Crippen LogP contribution in [-0.4, -0.2) is 11.5 Å². The molecular formula is C9H14N2S. The van der Waals surface area contributed by atoms with Crippen molar-refractivity contribution in [3.05, 3.63) is 16.6 Å². The van der Waals surface area contributed by atoms with Gasteiger partial charge in [0.1, 0.15) is 0 Å². The monoisotopic (exact) mass is 182 g/mol. The van der Waals surface area contributed by atoms with Crippen LogP contribution in [0.1, 0.15) is 24.1 Å². The molecule has 1 aromatic heterocycles. The Morgan fingerprint density at radius 2 is 2.50 bits per heavy atom. The largest absolute Gasteiger partial charge is 0.312 e. The predicted octanol–water partition coefficient (Wildman–Crippen LogP) is 2.03. The van der Waals surface area contributed by atoms with Crippen LogP contribution in [0.25, 0.3) is 0 Å². The van der Waals surface area contributed by atoms with Crippen LogP contribution in [0.4, 0.5) is 0 Å². The molecule has 0 atom stereocenters. The number of hydrogen-bond acceptors (Lipinski definition) is 3. The van der Waals surface area contributed by atoms with Crippen molar-refractivity contribution in [2.45, 2.75) is 25.8 Å². The van der Waals surface area contributed by atoms with E-state index in [-0.39, 0.29) is 0 Å². The van der Waals surface area contributed by atoms with E-state index in [2.05, 4.69) is 10.3 Å². The van der Waals surface area contributed by atoms with Gasteiger partial charge < -0.3 is 5.32 Å². The molecule has 1 aliphatic rings. The van der Waals surface area contributed by atoms with Crippen LogP contribution in [0.3, 0.4) is 0 Å². The van der Waals surface area contributed by atoms with E-state index < -0.39 is 0 Å². The molecule has 0 unspecified atom stereocenters. The van der Waals surface area contributed by atoms with Gasteiger partial charge in [-0.1, -0.05) is 6.42 Å². The van der Waals surface area contributed by atoms with Crippen molar-refractivity contribution in [3.63, 3.8) is 0 Å². The quantitative estimate of drug-likeness (QED) is 0.770. The second-order valence-electron chi connectivity index (χ2n) is 3.40. The lowest BCUT2D eigenvalue weighted by molar-refractivity contribution is 0.301. The Balaban J connectivity index is 1.62. The molecule has 0 spiro atoms. The van der Waals surface area contributed by atoms with Gasteiger partial charge in [-0.2, -0.15) is 0 Å². The fourth-order valence-electron chi connectivity index (χ4n) is 1.43. The van der Waals surface area contributed by atoms with Crippen molar-refractivity contribution in [2.75, 3.05) is 6.54 Å². The molecule has 1 aliphatic carbocycles. The molecule has 0 radical (unpaired) electrons. The van der Waals surface area contributed by atoms with Gasteiger partial charge in [-0.05, 0) is 25.3 Å². The number of hydrogen-bond donors (Lipinski definition) is 1. The summed E-state index contributed by atoms with van der Waals surface area (Å²) in [6.45, 7) is 2.19. The zero-order chi connectivity index (χ0) is 8.23. The van der Waals surface area contributed by atoms with Crippen molar-refractivity contribution in [1.82, 2.24) is 10.3 Å². The number of thiazole rings is 1. The minimum Gasteiger partial charge on any atom is -0.312 e. The molecule has 1 N–H and O–H groups in total. The number of rotatable bonds is 4. The lowest BCUT2D eigenvalue weighted by Crippen LogP contribution is -2.26. The maximum absolute atomic E-state index is 4.03. The summed E-state index contributed by atoms with van der Waals surface area (Å²) in [6.07, 6.45) is 6.23. The summed E-state index contributed by atoms with van der Waals surface area (Å²) in [5, 5.41) is 3.46. The van der Waals surface area contributed by atoms with Crippen molar-refractivity contribution in [2.24, 2.45) is 5.92 Å². The summed E-state index contributed by atoms with van der Waals surface area (Å²) >= 11 is 1.73. The van der Waals surface area contributed by atoms with E-state index in [1.807, 2.05) is 11.7 Å². The van der Waals surface area contributed by atoms with Gasteiger partial charge in [0.05, 0.1) is 5.51 Å². The summed E-state index contributed by atoms with van der Waals surface area (Å²) in [7, 11) is 0. The fraction of sp³-hybridized carbons (Fsp3) is 0.667. The normalized spacial score (nSPS) is 17.7. The molecule has 0 saturated heterocycles. The topological polar surface area (TPSA) is 24.9 Å². The number of aromatic nitrogens is 1. The van der Waals surface area contributed by atoms with Crippen LogP contribution in [0.5, 0.6) is 0 Å². The Labute approximate surface area is 77.0 Å². The van der Waals surface area contributed by atoms with Crippen molar-refractivity contribution >= 4 is 11.3 Å². The molecule has 66 valence electrons. The highest BCUT2D eigenvalue weighted by atomic mass is 32.1. The average molecular weight is 182 g/mol. The van der Waals surface area contributed by atoms with Crippen molar-refractivity contribution in [1.29, 1.82) is 0 Å². The Kier molecular flexibility index (Phi) is 2.74. The summed E-state index contributed by atoms with van der Waals surface area (Å²) in [4.78, 5) is 5.37. The van der Waals surface area contributed by atoms with E-state index in [4.69, 9.17) is 0 Å². The first-order chi connectivity index (χ1) is 5.95. The van der Waals surface area contributed by atoms with Gasteiger partial charge in [0.2, 0.25) is 0 Å². The van der Waals surface area contributed by atoms with E-state index >= 15 is 0 Å². The van der Waals surface area contributed by atoms with Crippen LogP contribution in [-0.2, 0) is 6.54 Å². The number of nitrogens with one attached hydrogen (secondary N) is 1. The van der Waals surface area contributed by atoms with E-state index in [1.165, 1.54) is 30.7 Å². The third kappa shape index (κ3) is 2.05. The van der Waals surface area contributed by atoms with Gasteiger partial charge in [-0.15, -0.1) is 11.3 Å². The first kappa shape index (κ1) is 8.20. The molecule has 1 saturated carbocycles. The Hall–Kier alpha value is -0.410. The zero-order valence-electron chi connectivity index (χ0n) is 7.12. The van der Waals surface area contributed by atoms with E-state index in [9.17, 15) is 0 Å². The van der Waals surface area contributed by atoms with Gasteiger partial charge in [-0.3, -0.25) is 4.98 Å². The molecule has 0 amide bonds. The fourth-order valence-corrected chi connectivity index (χ4v) is 1.99. The van der Waals surface area contributed by atoms with Gasteiger partial charge in [0, 0.05) is 17.6 Å². The molecule has 1 fully saturated rings. The molecule has 0 bridgehead atoms. The smallest absolute Gasteiger partial charge is 0.0794 e. The van der Waals surface area contributed by atoms with Crippen molar-refractivity contribution < 1.29 is 0 Å². The molecule has 1 aromatic rings. The minimum absolute atomic E-state index is 0.956. The summed E-state index contributed by atoms with van der Waals surface area (Å²) < 4.78 is 0. The van der Waals surface area contributed by atoms with E-state index in [1.54, 1.807) is 11.3 Å². The molecule has 12 heavy (non-hydrogen) atoms. The Morgan fingerprint density at radius 1 is 1.58 bits per heavy atom. The lowest BCUT2D eigenvalue weighted by atomic mass is 9.85. The Morgan fingerprint density at radius 3 is 3.08 bits per heavy atom. The third-order valence-electron chi connectivity index (χ3n) is 2.44. The van der Waals surface area contributed by atoms with Crippen molar-refractivity contribution in [3.8, 4) is 0 Å². The van der Waals surface area contributed by atoms with E-state index in [0.29, 0.717) is 0 Å². The van der Waals surface area contributed by atoms with Crippen LogP contribution in [0.2, 0.25) is 0 Å². The highest BCUT2D eigenvalue weighted by molar-refractivity contribution is 7.09. The Bertz CT molecular complexity index is 216. The van der Waals surface area contributed by atoms with Crippen LogP contribution in [0, 0.1) is 5.92 Å². The average Bonchev–Trinajstić information content (AvgIpc) is 2.46. The lowest BCUT2D eigenvalue weighted by Gasteiger charge is -2.25. The standard InChI is InChI=1S/C9H14N2S/c1-2-8(3-1)4-10-5-9-6-11-7-12-9/h6-8,10H,1-5H2. The molecule has 0 aromatic carbocycles. The maximum atomic E-state index is 4.03. The van der Waals surface area contributed by atoms with Crippen LogP contribution in [0.15, 0.2) is 11.7 Å². The van der Waals surface area contributed by atoms with Gasteiger partial charge >= 0.3 is 0 Å². The highest BCUT2D eigenvalue weighted by Gasteiger charge is 2.16. The molecule has 1 heterocycles. The van der Waals surface area contributed by atoms with E-state index in [0.717, 1.165) is 12.5 Å². The number of nitrogens with zero attached hydrogens (tertiary/aromatic N) is 1. The third-order valence-corrected chi connectivity index (χ3v) is 3.22. The minimum atomic E-state index is 0.956. The highest BCUT2D eigenvalue weighted by Crippen LogP contribution is 2.25. The van der Waals surface area contributed by atoms with Crippen LogP contribution < -0.4 is 5.32 Å². The zero-order valence-corrected chi connectivity index (χ0v) is 7.94. The molecule has 2 nitrogen and oxygen atoms in total. The molecule has 0 aliphatic heterocycles. The van der Waals surface area contributed by atoms with Gasteiger partial charge in [-0.25, -0.2) is 0 Å². The maximum Gasteiger partial charge on any atom is 0.0794 e. The summed E-state index contributed by atoms with van der Waals surface area (Å²) in [5.74, 6) is 0.956. The second-order valence-corrected chi connectivity index (χ2v) is 4.37. The second kappa shape index (κ2) is 4.01. The SMILES string of the molecule is c1ncc(CNCC2CCC2)s1. The summed E-state index contributed by atoms with van der Waals surface area (Å²) in [5.41, 5.74) is 1.89. The first-order valence-corrected chi connectivity index (χ1v) is 5.41. The van der Waals surface area contributed by atoms with Gasteiger partial charge in [0.25, 0.3) is 0 Å². The summed E-state index contributed by atoms with van der Waals surface area (Å²) in [6, 6.07) is 0. The van der Waals surface area contributed by atoms with Crippen LogP contribution >= 0.6 is 11.3 Å². The molecule has 3 heteroatoms. The molecular weight excluding hydrogens is 168 g/mol. The first-order valence-electron chi connectivity index (χ1n) is 4.53. The molecule has 2 rings (SSSR count). The predicted molar refractivity (Wildman–Crippen MR) is 51.2 cm³/mol. The van der Waals surface area contributed by atoms with Gasteiger partial charge in [0.15, 0.2) is 0 Å².